The van der Waals surface area contributed by atoms with Crippen LogP contribution in [-0.4, -0.2) is 40.3 Å². The van der Waals surface area contributed by atoms with E-state index in [0.29, 0.717) is 26.2 Å². The highest BCUT2D eigenvalue weighted by Crippen LogP contribution is 2.18. The molecule has 0 fully saturated rings. The van der Waals surface area contributed by atoms with Crippen molar-refractivity contribution >= 4 is 14.8 Å². The van der Waals surface area contributed by atoms with Crippen molar-refractivity contribution in [2.24, 2.45) is 0 Å². The second-order valence-electron chi connectivity index (χ2n) is 5.61. The molecule has 7 heteroatoms. The summed E-state index contributed by atoms with van der Waals surface area (Å²) in [5.74, 6) is 0. The van der Waals surface area contributed by atoms with Crippen molar-refractivity contribution in [3.8, 4) is 0 Å². The standard InChI is InChI=1S/C18H32N2O4Si/c1-6-17(25(22-7-2,23-8-3)24-9-4)20-18(21)19-15(5)16-13-11-10-12-14-16/h10-15,17H,6-9H2,1-5H3,(H2,19,20,21). The minimum absolute atomic E-state index is 0.0962. The lowest BCUT2D eigenvalue weighted by atomic mass is 10.1. The zero-order valence-electron chi connectivity index (χ0n) is 16.0. The van der Waals surface area contributed by atoms with Gasteiger partial charge < -0.3 is 23.9 Å². The molecule has 0 spiro atoms. The Labute approximate surface area is 152 Å². The fourth-order valence-electron chi connectivity index (χ4n) is 2.69. The van der Waals surface area contributed by atoms with Gasteiger partial charge in [-0.25, -0.2) is 4.79 Å². The number of benzene rings is 1. The first-order valence-corrected chi connectivity index (χ1v) is 10.9. The van der Waals surface area contributed by atoms with Crippen LogP contribution in [-0.2, 0) is 13.3 Å². The molecule has 25 heavy (non-hydrogen) atoms. The van der Waals surface area contributed by atoms with E-state index in [-0.39, 0.29) is 17.7 Å². The molecule has 0 saturated heterocycles. The SMILES string of the molecule is CCO[Si](OCC)(OCC)C(CC)NC(=O)NC(C)c1ccccc1. The van der Waals surface area contributed by atoms with E-state index in [2.05, 4.69) is 10.6 Å². The Balaban J connectivity index is 2.81. The number of amides is 2. The molecule has 0 saturated carbocycles. The maximum Gasteiger partial charge on any atom is 0.524 e. The summed E-state index contributed by atoms with van der Waals surface area (Å²) in [4.78, 5) is 12.5. The van der Waals surface area contributed by atoms with Crippen LogP contribution in [0.15, 0.2) is 30.3 Å². The van der Waals surface area contributed by atoms with Gasteiger partial charge in [-0.05, 0) is 39.7 Å². The minimum Gasteiger partial charge on any atom is -0.373 e. The van der Waals surface area contributed by atoms with Gasteiger partial charge in [0.05, 0.1) is 6.04 Å². The summed E-state index contributed by atoms with van der Waals surface area (Å²) in [6.45, 7) is 11.1. The molecule has 0 bridgehead atoms. The molecule has 0 aliphatic rings. The van der Waals surface area contributed by atoms with Crippen LogP contribution in [0.3, 0.4) is 0 Å². The van der Waals surface area contributed by atoms with Crippen molar-refractivity contribution in [3.05, 3.63) is 35.9 Å². The Morgan fingerprint density at radius 2 is 1.48 bits per heavy atom. The van der Waals surface area contributed by atoms with Gasteiger partial charge >= 0.3 is 14.8 Å². The molecule has 0 aromatic heterocycles. The Hall–Kier alpha value is -1.41. The first kappa shape index (κ1) is 21.6. The number of hydrogen-bond donors (Lipinski definition) is 2. The number of rotatable bonds is 11. The molecule has 1 aromatic rings. The Morgan fingerprint density at radius 3 is 1.92 bits per heavy atom. The van der Waals surface area contributed by atoms with E-state index in [0.717, 1.165) is 5.56 Å². The third-order valence-corrected chi connectivity index (χ3v) is 7.30. The van der Waals surface area contributed by atoms with Crippen molar-refractivity contribution in [2.75, 3.05) is 19.8 Å². The summed E-state index contributed by atoms with van der Waals surface area (Å²) in [5.41, 5.74) is 0.754. The largest absolute Gasteiger partial charge is 0.524 e. The van der Waals surface area contributed by atoms with Gasteiger partial charge in [0, 0.05) is 19.8 Å². The van der Waals surface area contributed by atoms with E-state index in [1.807, 2.05) is 65.0 Å². The molecule has 142 valence electrons. The molecule has 1 rings (SSSR count). The monoisotopic (exact) mass is 368 g/mol. The lowest BCUT2D eigenvalue weighted by molar-refractivity contribution is 0.0583. The van der Waals surface area contributed by atoms with Gasteiger partial charge in [-0.15, -0.1) is 0 Å². The molecule has 2 N–H and O–H groups in total. The van der Waals surface area contributed by atoms with Gasteiger partial charge in [-0.1, -0.05) is 37.3 Å². The van der Waals surface area contributed by atoms with Crippen molar-refractivity contribution < 1.29 is 18.1 Å². The summed E-state index contributed by atoms with van der Waals surface area (Å²) < 4.78 is 17.7. The Morgan fingerprint density at radius 1 is 0.960 bits per heavy atom. The number of nitrogens with one attached hydrogen (secondary N) is 2. The molecule has 2 atom stereocenters. The predicted molar refractivity (Wildman–Crippen MR) is 101 cm³/mol. The normalized spacial score (nSPS) is 14.0. The van der Waals surface area contributed by atoms with Crippen molar-refractivity contribution in [1.82, 2.24) is 10.6 Å². The number of carbonyl (C=O) groups is 1. The number of hydrogen-bond acceptors (Lipinski definition) is 4. The molecule has 1 aromatic carbocycles. The Bertz CT molecular complexity index is 484. The first-order chi connectivity index (χ1) is 12.0. The van der Waals surface area contributed by atoms with E-state index in [1.165, 1.54) is 0 Å². The molecule has 0 aliphatic heterocycles. The maximum absolute atomic E-state index is 12.5. The molecule has 2 amide bonds. The Kier molecular flexibility index (Phi) is 9.73. The van der Waals surface area contributed by atoms with Gasteiger partial charge in [0.2, 0.25) is 0 Å². The van der Waals surface area contributed by atoms with Gasteiger partial charge in [0.25, 0.3) is 0 Å². The molecule has 6 nitrogen and oxygen atoms in total. The maximum atomic E-state index is 12.5. The van der Waals surface area contributed by atoms with Crippen molar-refractivity contribution in [2.45, 2.75) is 52.7 Å². The molecular formula is C18H32N2O4Si. The second-order valence-corrected chi connectivity index (χ2v) is 8.38. The smallest absolute Gasteiger partial charge is 0.373 e. The van der Waals surface area contributed by atoms with E-state index >= 15 is 0 Å². The fraction of sp³-hybridized carbons (Fsp3) is 0.611. The topological polar surface area (TPSA) is 68.8 Å². The summed E-state index contributed by atoms with van der Waals surface area (Å²) >= 11 is 0. The van der Waals surface area contributed by atoms with E-state index < -0.39 is 8.80 Å². The summed E-state index contributed by atoms with van der Waals surface area (Å²) in [6, 6.07) is 9.49. The molecule has 0 heterocycles. The summed E-state index contributed by atoms with van der Waals surface area (Å²) in [5, 5.41) is 5.96. The van der Waals surface area contributed by atoms with Gasteiger partial charge in [0.15, 0.2) is 0 Å². The van der Waals surface area contributed by atoms with Crippen LogP contribution in [0.1, 0.15) is 52.6 Å². The highest BCUT2D eigenvalue weighted by molar-refractivity contribution is 6.62. The third-order valence-electron chi connectivity index (χ3n) is 3.82. The quantitative estimate of drug-likeness (QED) is 0.587. The summed E-state index contributed by atoms with van der Waals surface area (Å²) in [6.07, 6.45) is 0.666. The zero-order valence-corrected chi connectivity index (χ0v) is 17.0. The second kappa shape index (κ2) is 11.3. The average molecular weight is 369 g/mol. The molecule has 0 radical (unpaired) electrons. The highest BCUT2D eigenvalue weighted by atomic mass is 28.4. The van der Waals surface area contributed by atoms with Crippen LogP contribution >= 0.6 is 0 Å². The van der Waals surface area contributed by atoms with Crippen LogP contribution in [0.25, 0.3) is 0 Å². The third kappa shape index (κ3) is 6.43. The van der Waals surface area contributed by atoms with Crippen LogP contribution in [0.2, 0.25) is 0 Å². The van der Waals surface area contributed by atoms with Crippen molar-refractivity contribution in [1.29, 1.82) is 0 Å². The lowest BCUT2D eigenvalue weighted by Gasteiger charge is -2.35. The van der Waals surface area contributed by atoms with Crippen LogP contribution in [0, 0.1) is 0 Å². The van der Waals surface area contributed by atoms with Crippen molar-refractivity contribution in [3.63, 3.8) is 0 Å². The van der Waals surface area contributed by atoms with Gasteiger partial charge in [-0.2, -0.15) is 0 Å². The first-order valence-electron chi connectivity index (χ1n) is 9.06. The molecule has 2 unspecified atom stereocenters. The van der Waals surface area contributed by atoms with E-state index in [1.54, 1.807) is 0 Å². The number of carbonyl (C=O) groups excluding carboxylic acids is 1. The molecule has 0 aliphatic carbocycles. The lowest BCUT2D eigenvalue weighted by Crippen LogP contribution is -2.64. The molecular weight excluding hydrogens is 336 g/mol. The van der Waals surface area contributed by atoms with Crippen LogP contribution in [0.4, 0.5) is 4.79 Å². The van der Waals surface area contributed by atoms with Gasteiger partial charge in [0.1, 0.15) is 5.67 Å². The predicted octanol–water partition coefficient (Wildman–Crippen LogP) is 3.41. The van der Waals surface area contributed by atoms with Crippen LogP contribution < -0.4 is 10.6 Å². The highest BCUT2D eigenvalue weighted by Gasteiger charge is 2.49. The zero-order chi connectivity index (χ0) is 18.7. The summed E-state index contributed by atoms with van der Waals surface area (Å²) in [7, 11) is -2.99. The van der Waals surface area contributed by atoms with Crippen LogP contribution in [0.5, 0.6) is 0 Å². The van der Waals surface area contributed by atoms with Gasteiger partial charge in [-0.3, -0.25) is 0 Å². The average Bonchev–Trinajstić information content (AvgIpc) is 2.61. The number of urea groups is 1. The van der Waals surface area contributed by atoms with E-state index in [4.69, 9.17) is 13.3 Å². The fourth-order valence-corrected chi connectivity index (χ4v) is 5.56. The minimum atomic E-state index is -2.99. The van der Waals surface area contributed by atoms with E-state index in [9.17, 15) is 4.79 Å².